The second-order valence-electron chi connectivity index (χ2n) is 0.807. The van der Waals surface area contributed by atoms with Crippen LogP contribution in [-0.4, -0.2) is 7.85 Å². The highest BCUT2D eigenvalue weighted by atomic mass is 35.5. The Morgan fingerprint density at radius 1 is 1.62 bits per heavy atom. The minimum absolute atomic E-state index is 0.0895. The molecule has 8 heavy (non-hydrogen) atoms. The molecule has 2 radical (unpaired) electrons. The summed E-state index contributed by atoms with van der Waals surface area (Å²) in [6.45, 7) is 1.90. The Labute approximate surface area is 66.2 Å². The Hall–Kier alpha value is 0.675. The van der Waals surface area contributed by atoms with Crippen LogP contribution in [0.5, 0.6) is 0 Å². The van der Waals surface area contributed by atoms with Gasteiger partial charge in [-0.15, -0.1) is 0 Å². The maximum Gasteiger partial charge on any atom is 0.118 e. The zero-order chi connectivity index (χ0) is 6.99. The molecule has 0 nitrogen and oxygen atoms in total. The SMILES string of the molecule is ClC=C(Cl)Cl.[B]CC. The highest BCUT2D eigenvalue weighted by molar-refractivity contribution is 6.58. The lowest BCUT2D eigenvalue weighted by atomic mass is 10.1. The van der Waals surface area contributed by atoms with Crippen LogP contribution in [-0.2, 0) is 0 Å². The van der Waals surface area contributed by atoms with Gasteiger partial charge in [0, 0.05) is 5.54 Å². The topological polar surface area (TPSA) is 0 Å². The van der Waals surface area contributed by atoms with Crippen LogP contribution in [0.4, 0.5) is 0 Å². The molecule has 0 aliphatic carbocycles. The monoisotopic (exact) mass is 170 g/mol. The van der Waals surface area contributed by atoms with Crippen LogP contribution in [0, 0.1) is 0 Å². The zero-order valence-corrected chi connectivity index (χ0v) is 6.76. The van der Waals surface area contributed by atoms with Gasteiger partial charge in [0.1, 0.15) is 4.49 Å². The van der Waals surface area contributed by atoms with Crippen molar-refractivity contribution in [2.45, 2.75) is 13.2 Å². The summed E-state index contributed by atoms with van der Waals surface area (Å²) >= 11 is 14.8. The Morgan fingerprint density at radius 3 is 1.75 bits per heavy atom. The lowest BCUT2D eigenvalue weighted by Crippen LogP contribution is -1.41. The summed E-state index contributed by atoms with van der Waals surface area (Å²) in [6.07, 6.45) is 0.750. The highest BCUT2D eigenvalue weighted by Crippen LogP contribution is 2.05. The summed E-state index contributed by atoms with van der Waals surface area (Å²) in [5.41, 5.74) is 1.09. The predicted octanol–water partition coefficient (Wildman–Crippen LogP) is 3.09. The van der Waals surface area contributed by atoms with E-state index in [4.69, 9.17) is 42.6 Å². The average molecular weight is 171 g/mol. The fraction of sp³-hybridized carbons (Fsp3) is 0.500. The smallest absolute Gasteiger partial charge is 0.0915 e. The first-order valence-electron chi connectivity index (χ1n) is 2.00. The molecule has 0 spiro atoms. The molecule has 0 atom stereocenters. The first-order valence-corrected chi connectivity index (χ1v) is 3.19. The molecule has 46 valence electrons. The molecular formula is C4H6BCl3. The molecule has 0 N–H and O–H groups in total. The van der Waals surface area contributed by atoms with Crippen molar-refractivity contribution in [3.05, 3.63) is 10.0 Å². The highest BCUT2D eigenvalue weighted by Gasteiger charge is 1.70. The van der Waals surface area contributed by atoms with Gasteiger partial charge in [-0.3, -0.25) is 0 Å². The summed E-state index contributed by atoms with van der Waals surface area (Å²) in [4.78, 5) is 0. The van der Waals surface area contributed by atoms with E-state index in [-0.39, 0.29) is 4.49 Å². The first kappa shape index (κ1) is 11.5. The lowest BCUT2D eigenvalue weighted by Gasteiger charge is -1.64. The third-order valence-electron chi connectivity index (χ3n) is 0.0825. The Balaban J connectivity index is 0. The van der Waals surface area contributed by atoms with Crippen LogP contribution in [0.3, 0.4) is 0 Å². The number of hydrogen-bond acceptors (Lipinski definition) is 0. The van der Waals surface area contributed by atoms with E-state index < -0.39 is 0 Å². The molecule has 0 amide bonds. The molecule has 0 aromatic heterocycles. The fourth-order valence-electron chi connectivity index (χ4n) is 0. The third-order valence-corrected chi connectivity index (χ3v) is 0.742. The first-order chi connectivity index (χ1) is 3.68. The van der Waals surface area contributed by atoms with E-state index in [0.29, 0.717) is 0 Å². The molecule has 0 aromatic carbocycles. The van der Waals surface area contributed by atoms with Gasteiger partial charge in [0.2, 0.25) is 0 Å². The minimum Gasteiger partial charge on any atom is -0.0915 e. The summed E-state index contributed by atoms with van der Waals surface area (Å²) in [5.74, 6) is 0. The van der Waals surface area contributed by atoms with E-state index in [0.717, 1.165) is 11.9 Å². The lowest BCUT2D eigenvalue weighted by molar-refractivity contribution is 1.48. The molecule has 0 heterocycles. The summed E-state index contributed by atoms with van der Waals surface area (Å²) < 4.78 is 0.0895. The third kappa shape index (κ3) is 30.0. The van der Waals surface area contributed by atoms with Crippen molar-refractivity contribution in [1.82, 2.24) is 0 Å². The van der Waals surface area contributed by atoms with Crippen molar-refractivity contribution < 1.29 is 0 Å². The molecular weight excluding hydrogens is 165 g/mol. The van der Waals surface area contributed by atoms with Gasteiger partial charge >= 0.3 is 0 Å². The van der Waals surface area contributed by atoms with Crippen LogP contribution in [0.25, 0.3) is 0 Å². The maximum atomic E-state index is 4.96. The zero-order valence-electron chi connectivity index (χ0n) is 4.50. The number of halogens is 3. The number of hydrogen-bond donors (Lipinski definition) is 0. The van der Waals surface area contributed by atoms with Crippen molar-refractivity contribution in [2.24, 2.45) is 0 Å². The largest absolute Gasteiger partial charge is 0.118 e. The van der Waals surface area contributed by atoms with Gasteiger partial charge in [0.25, 0.3) is 0 Å². The van der Waals surface area contributed by atoms with E-state index in [2.05, 4.69) is 0 Å². The maximum absolute atomic E-state index is 4.96. The summed E-state index contributed by atoms with van der Waals surface area (Å²) in [5, 5.41) is 0. The molecule has 0 unspecified atom stereocenters. The standard InChI is InChI=1S/C2H5B.C2HCl3/c1-2-3;3-1-2(4)5/h2H2,1H3;1H. The second-order valence-corrected chi connectivity index (χ2v) is 2.03. The molecule has 0 aliphatic rings. The molecule has 0 aliphatic heterocycles. The van der Waals surface area contributed by atoms with E-state index in [1.807, 2.05) is 6.92 Å². The van der Waals surface area contributed by atoms with Crippen molar-refractivity contribution in [2.75, 3.05) is 0 Å². The van der Waals surface area contributed by atoms with Crippen molar-refractivity contribution in [3.8, 4) is 0 Å². The molecule has 4 heteroatoms. The quantitative estimate of drug-likeness (QED) is 0.491. The van der Waals surface area contributed by atoms with E-state index in [1.165, 1.54) is 0 Å². The van der Waals surface area contributed by atoms with Gasteiger partial charge in [0.15, 0.2) is 0 Å². The van der Waals surface area contributed by atoms with E-state index in [1.54, 1.807) is 0 Å². The van der Waals surface area contributed by atoms with Crippen molar-refractivity contribution in [1.29, 1.82) is 0 Å². The Bertz CT molecular complexity index is 58.3. The molecule has 0 fully saturated rings. The predicted molar refractivity (Wildman–Crippen MR) is 41.9 cm³/mol. The molecule has 0 aromatic rings. The van der Waals surface area contributed by atoms with Crippen molar-refractivity contribution in [3.63, 3.8) is 0 Å². The average Bonchev–Trinajstić information content (AvgIpc) is 1.69. The van der Waals surface area contributed by atoms with Crippen LogP contribution >= 0.6 is 34.8 Å². The van der Waals surface area contributed by atoms with E-state index >= 15 is 0 Å². The Kier molecular flexibility index (Phi) is 15.2. The number of rotatable bonds is 0. The van der Waals surface area contributed by atoms with Crippen molar-refractivity contribution >= 4 is 42.6 Å². The normalized spacial score (nSPS) is 6.50. The van der Waals surface area contributed by atoms with E-state index in [9.17, 15) is 0 Å². The van der Waals surface area contributed by atoms with Gasteiger partial charge in [-0.1, -0.05) is 48.0 Å². The molecule has 0 saturated heterocycles. The summed E-state index contributed by atoms with van der Waals surface area (Å²) in [7, 11) is 4.85. The molecule has 0 saturated carbocycles. The van der Waals surface area contributed by atoms with Gasteiger partial charge in [-0.05, 0) is 0 Å². The van der Waals surface area contributed by atoms with Crippen LogP contribution < -0.4 is 0 Å². The Morgan fingerprint density at radius 2 is 1.75 bits per heavy atom. The van der Waals surface area contributed by atoms with Crippen LogP contribution in [0.2, 0.25) is 6.32 Å². The molecule has 0 bridgehead atoms. The van der Waals surface area contributed by atoms with Gasteiger partial charge < -0.3 is 0 Å². The van der Waals surface area contributed by atoms with Gasteiger partial charge in [-0.25, -0.2) is 0 Å². The van der Waals surface area contributed by atoms with Gasteiger partial charge in [-0.2, -0.15) is 0 Å². The fourth-order valence-corrected chi connectivity index (χ4v) is 0. The van der Waals surface area contributed by atoms with Crippen LogP contribution in [0.15, 0.2) is 10.0 Å². The second kappa shape index (κ2) is 10.6. The van der Waals surface area contributed by atoms with Gasteiger partial charge in [0.05, 0.1) is 7.85 Å². The summed E-state index contributed by atoms with van der Waals surface area (Å²) in [6, 6.07) is 0. The molecule has 0 rings (SSSR count). The minimum atomic E-state index is 0.0895. The van der Waals surface area contributed by atoms with Crippen LogP contribution in [0.1, 0.15) is 6.92 Å².